The predicted molar refractivity (Wildman–Crippen MR) is 117 cm³/mol. The summed E-state index contributed by atoms with van der Waals surface area (Å²) in [5, 5.41) is 64.3. The van der Waals surface area contributed by atoms with Crippen molar-refractivity contribution < 1.29 is 39.9 Å². The van der Waals surface area contributed by atoms with E-state index in [1.165, 1.54) is 42.5 Å². The minimum atomic E-state index is -3.34. The highest BCUT2D eigenvalue weighted by Gasteiger charge is 2.70. The van der Waals surface area contributed by atoms with E-state index in [1.54, 1.807) is 0 Å². The highest BCUT2D eigenvalue weighted by atomic mass is 19.1. The van der Waals surface area contributed by atoms with Crippen molar-refractivity contribution in [1.82, 2.24) is 14.6 Å². The van der Waals surface area contributed by atoms with Crippen LogP contribution in [0.15, 0.2) is 59.5 Å². The number of aromatic nitrogens is 2. The smallest absolute Gasteiger partial charge is 0.353 e. The van der Waals surface area contributed by atoms with Crippen LogP contribution in [0, 0.1) is 5.82 Å². The van der Waals surface area contributed by atoms with Crippen molar-refractivity contribution >= 4 is 5.82 Å². The highest BCUT2D eigenvalue weighted by Crippen LogP contribution is 2.45. The lowest BCUT2D eigenvalue weighted by Gasteiger charge is -2.42. The molecular weight excluding hydrogens is 467 g/mol. The molecule has 186 valence electrons. The summed E-state index contributed by atoms with van der Waals surface area (Å²) in [6.45, 7) is -1.63. The van der Waals surface area contributed by atoms with Crippen LogP contribution in [-0.2, 0) is 17.2 Å². The first-order valence-electron chi connectivity index (χ1n) is 10.3. The maximum absolute atomic E-state index is 14.4. The van der Waals surface area contributed by atoms with Crippen LogP contribution in [-0.4, -0.2) is 69.9 Å². The second-order valence-electron chi connectivity index (χ2n) is 7.96. The van der Waals surface area contributed by atoms with Gasteiger partial charge < -0.3 is 41.2 Å². The van der Waals surface area contributed by atoms with Gasteiger partial charge in [-0.05, 0) is 12.1 Å². The van der Waals surface area contributed by atoms with Gasteiger partial charge in [0.25, 0.3) is 0 Å². The molecule has 1 fully saturated rings. The van der Waals surface area contributed by atoms with E-state index in [9.17, 15) is 39.9 Å². The molecule has 0 aliphatic carbocycles. The van der Waals surface area contributed by atoms with Crippen molar-refractivity contribution in [2.24, 2.45) is 0 Å². The largest absolute Gasteiger partial charge is 0.508 e. The molecular formula is C22H23FN4O8. The van der Waals surface area contributed by atoms with Gasteiger partial charge in [0.2, 0.25) is 5.72 Å². The number of nitrogen functional groups attached to an aromatic ring is 1. The molecule has 4 atom stereocenters. The molecule has 4 rings (SSSR count). The number of aromatic hydroxyl groups is 1. The molecule has 0 spiro atoms. The Morgan fingerprint density at radius 2 is 1.80 bits per heavy atom. The highest BCUT2D eigenvalue weighted by molar-refractivity contribution is 5.73. The summed E-state index contributed by atoms with van der Waals surface area (Å²) in [5.74, 6) is -4.99. The summed E-state index contributed by atoms with van der Waals surface area (Å²) in [4.78, 5) is 16.3. The molecule has 0 radical (unpaired) electrons. The number of hydrogen-bond donors (Lipinski definition) is 7. The van der Waals surface area contributed by atoms with Crippen LogP contribution >= 0.6 is 0 Å². The number of anilines is 1. The minimum Gasteiger partial charge on any atom is -0.508 e. The van der Waals surface area contributed by atoms with Gasteiger partial charge in [0, 0.05) is 22.9 Å². The lowest BCUT2D eigenvalue weighted by atomic mass is 9.99. The van der Waals surface area contributed by atoms with E-state index in [0.29, 0.717) is 0 Å². The molecule has 0 unspecified atom stereocenters. The van der Waals surface area contributed by atoms with Gasteiger partial charge in [-0.3, -0.25) is 0 Å². The number of rotatable bonds is 6. The first kappa shape index (κ1) is 24.7. The van der Waals surface area contributed by atoms with Gasteiger partial charge in [-0.1, -0.05) is 36.4 Å². The molecule has 1 aromatic heterocycles. The molecule has 0 saturated carbocycles. The number of phenolic OH excluding ortho intramolecular Hbond substituents is 1. The van der Waals surface area contributed by atoms with Gasteiger partial charge in [0.15, 0.2) is 0 Å². The van der Waals surface area contributed by atoms with Crippen molar-refractivity contribution in [1.29, 1.82) is 0 Å². The minimum absolute atomic E-state index is 0.0318. The van der Waals surface area contributed by atoms with Crippen LogP contribution in [0.5, 0.6) is 5.75 Å². The lowest BCUT2D eigenvalue weighted by Crippen LogP contribution is -2.68. The van der Waals surface area contributed by atoms with Crippen LogP contribution in [0.2, 0.25) is 0 Å². The second-order valence-corrected chi connectivity index (χ2v) is 7.96. The van der Waals surface area contributed by atoms with Crippen LogP contribution in [0.4, 0.5) is 10.2 Å². The molecule has 3 aromatic rings. The number of benzene rings is 2. The fourth-order valence-corrected chi connectivity index (χ4v) is 4.06. The Bertz CT molecular complexity index is 1310. The Kier molecular flexibility index (Phi) is 6.33. The monoisotopic (exact) mass is 490 g/mol. The van der Waals surface area contributed by atoms with Crippen LogP contribution < -0.4 is 11.4 Å². The average molecular weight is 490 g/mol. The number of nitrogens with two attached hydrogens (primary N) is 1. The van der Waals surface area contributed by atoms with E-state index < -0.39 is 54.3 Å². The zero-order valence-electron chi connectivity index (χ0n) is 18.1. The number of hydroxylamine groups is 2. The fraction of sp³-hybridized carbons (Fsp3) is 0.273. The number of halogens is 1. The normalized spacial score (nSPS) is 26.4. The van der Waals surface area contributed by atoms with Crippen molar-refractivity contribution in [3.8, 4) is 16.9 Å². The molecule has 0 bridgehead atoms. The standard InChI is InChI=1S/C22H23FN4O8/c23-15-7-3-2-6-13(15)14-9-25-20(31)27(19(14)24)22(33)21(32,18(30)17(11-28)35-22)26(34)10-12-5-1-4-8-16(12)29/h1-9,17-18,28-30,32-34H,10-11,24H2/t17-,18-,21-,22+/m1/s1. The molecule has 35 heavy (non-hydrogen) atoms. The first-order valence-corrected chi connectivity index (χ1v) is 10.3. The predicted octanol–water partition coefficient (Wildman–Crippen LogP) is -0.728. The molecule has 1 aliphatic heterocycles. The van der Waals surface area contributed by atoms with E-state index in [1.807, 2.05) is 0 Å². The van der Waals surface area contributed by atoms with Gasteiger partial charge in [-0.25, -0.2) is 18.7 Å². The lowest BCUT2D eigenvalue weighted by molar-refractivity contribution is -0.413. The third kappa shape index (κ3) is 3.75. The van der Waals surface area contributed by atoms with Crippen molar-refractivity contribution in [2.45, 2.75) is 30.4 Å². The molecule has 1 saturated heterocycles. The Labute approximate surface area is 197 Å². The quantitative estimate of drug-likeness (QED) is 0.170. The van der Waals surface area contributed by atoms with E-state index in [4.69, 9.17) is 10.5 Å². The second kappa shape index (κ2) is 8.98. The third-order valence-electron chi connectivity index (χ3n) is 5.92. The van der Waals surface area contributed by atoms with Crippen LogP contribution in [0.3, 0.4) is 0 Å². The van der Waals surface area contributed by atoms with E-state index in [-0.39, 0.29) is 32.1 Å². The molecule has 1 aliphatic rings. The summed E-state index contributed by atoms with van der Waals surface area (Å²) < 4.78 is 20.0. The van der Waals surface area contributed by atoms with Gasteiger partial charge in [0.05, 0.1) is 13.2 Å². The van der Waals surface area contributed by atoms with Crippen molar-refractivity contribution in [3.05, 3.63) is 76.6 Å². The molecule has 12 nitrogen and oxygen atoms in total. The number of para-hydroxylation sites is 1. The third-order valence-corrected chi connectivity index (χ3v) is 5.92. The Morgan fingerprint density at radius 3 is 2.46 bits per heavy atom. The summed E-state index contributed by atoms with van der Waals surface area (Å²) >= 11 is 0. The maximum atomic E-state index is 14.4. The zero-order valence-corrected chi connectivity index (χ0v) is 18.1. The number of hydrogen-bond acceptors (Lipinski definition) is 11. The van der Waals surface area contributed by atoms with E-state index in [0.717, 1.165) is 12.3 Å². The maximum Gasteiger partial charge on any atom is 0.353 e. The molecule has 2 aromatic carbocycles. The Hall–Kier alpha value is -3.43. The Morgan fingerprint density at radius 1 is 1.14 bits per heavy atom. The zero-order chi connectivity index (χ0) is 25.5. The fourth-order valence-electron chi connectivity index (χ4n) is 4.06. The van der Waals surface area contributed by atoms with Gasteiger partial charge >= 0.3 is 11.6 Å². The molecule has 2 heterocycles. The molecule has 8 N–H and O–H groups in total. The average Bonchev–Trinajstić information content (AvgIpc) is 3.03. The van der Waals surface area contributed by atoms with E-state index >= 15 is 0 Å². The van der Waals surface area contributed by atoms with Gasteiger partial charge in [-0.15, -0.1) is 5.06 Å². The Balaban J connectivity index is 1.90. The summed E-state index contributed by atoms with van der Waals surface area (Å²) in [6, 6.07) is 11.0. The van der Waals surface area contributed by atoms with Gasteiger partial charge in [-0.2, -0.15) is 0 Å². The van der Waals surface area contributed by atoms with Crippen molar-refractivity contribution in [3.63, 3.8) is 0 Å². The SMILES string of the molecule is Nc1c(-c2ccccc2F)cnc(=O)n1[C@@]1(O)O[C@H](CO)[C@@H](O)[C@]1(O)N(O)Cc1ccccc1O. The number of aliphatic hydroxyl groups excluding tert-OH is 2. The summed E-state index contributed by atoms with van der Waals surface area (Å²) in [7, 11) is 0. The molecule has 0 amide bonds. The number of nitrogens with zero attached hydrogens (tertiary/aromatic N) is 3. The topological polar surface area (TPSA) is 195 Å². The van der Waals surface area contributed by atoms with E-state index in [2.05, 4.69) is 4.98 Å². The van der Waals surface area contributed by atoms with Crippen LogP contribution in [0.25, 0.3) is 11.1 Å². The number of phenols is 1. The first-order chi connectivity index (χ1) is 16.6. The number of ether oxygens (including phenoxy) is 1. The summed E-state index contributed by atoms with van der Waals surface area (Å²) in [6.07, 6.45) is -2.98. The molecule has 13 heteroatoms. The van der Waals surface area contributed by atoms with Crippen molar-refractivity contribution in [2.75, 3.05) is 12.3 Å². The van der Waals surface area contributed by atoms with Gasteiger partial charge in [0.1, 0.15) is 29.6 Å². The summed E-state index contributed by atoms with van der Waals surface area (Å²) in [5.41, 5.74) is 1.36. The van der Waals surface area contributed by atoms with Crippen LogP contribution in [0.1, 0.15) is 5.56 Å². The number of aliphatic hydroxyl groups is 4.